The van der Waals surface area contributed by atoms with Crippen LogP contribution in [0.1, 0.15) is 31.1 Å². The average Bonchev–Trinajstić information content (AvgIpc) is 2.82. The largest absolute Gasteiger partial charge is 0.383 e. The Labute approximate surface area is 202 Å². The predicted molar refractivity (Wildman–Crippen MR) is 134 cm³/mol. The van der Waals surface area contributed by atoms with E-state index in [-0.39, 0.29) is 17.3 Å². The van der Waals surface area contributed by atoms with E-state index in [9.17, 15) is 19.2 Å². The monoisotopic (exact) mass is 479 g/mol. The van der Waals surface area contributed by atoms with E-state index in [1.54, 1.807) is 63.4 Å². The maximum atomic E-state index is 13.0. The number of amides is 3. The summed E-state index contributed by atoms with van der Waals surface area (Å²) in [5, 5.41) is 8.46. The molecule has 10 nitrogen and oxygen atoms in total. The normalized spacial score (nSPS) is 11.8. The summed E-state index contributed by atoms with van der Waals surface area (Å²) in [5.41, 5.74) is 1.58. The molecule has 3 aromatic rings. The molecule has 10 heteroatoms. The van der Waals surface area contributed by atoms with Gasteiger partial charge in [-0.3, -0.25) is 19.0 Å². The molecule has 3 rings (SSSR count). The molecule has 1 aromatic heterocycles. The van der Waals surface area contributed by atoms with Crippen LogP contribution >= 0.6 is 0 Å². The number of ketones is 1. The molecule has 3 N–H and O–H groups in total. The molecule has 0 bridgehead atoms. The van der Waals surface area contributed by atoms with Crippen LogP contribution in [0.2, 0.25) is 0 Å². The van der Waals surface area contributed by atoms with Crippen LogP contribution in [0.5, 0.6) is 0 Å². The standard InChI is InChI=1S/C25H29N5O5/c1-15(2)22(29-25(34)28-18-7-5-6-17(12-18)16(3)31)23(32)27-19-8-9-21-20(13-19)24(33)30(14-26-21)10-11-35-4/h5-9,12-15,22H,10-11H2,1-4H3,(H,27,32)(H2,28,29,34). The summed E-state index contributed by atoms with van der Waals surface area (Å²) in [6.45, 7) is 5.78. The highest BCUT2D eigenvalue weighted by Crippen LogP contribution is 2.16. The van der Waals surface area contributed by atoms with Crippen LogP contribution in [-0.4, -0.2) is 47.0 Å². The van der Waals surface area contributed by atoms with E-state index in [1.807, 2.05) is 0 Å². The fourth-order valence-electron chi connectivity index (χ4n) is 3.46. The van der Waals surface area contributed by atoms with Crippen molar-refractivity contribution in [3.63, 3.8) is 0 Å². The summed E-state index contributed by atoms with van der Waals surface area (Å²) in [4.78, 5) is 54.2. The number of carbonyl (C=O) groups excluding carboxylic acids is 3. The average molecular weight is 480 g/mol. The number of hydrogen-bond donors (Lipinski definition) is 3. The summed E-state index contributed by atoms with van der Waals surface area (Å²) in [6, 6.07) is 9.97. The zero-order valence-corrected chi connectivity index (χ0v) is 20.1. The molecular formula is C25H29N5O5. The molecule has 35 heavy (non-hydrogen) atoms. The lowest BCUT2D eigenvalue weighted by Crippen LogP contribution is -2.48. The van der Waals surface area contributed by atoms with E-state index in [4.69, 9.17) is 4.74 Å². The van der Waals surface area contributed by atoms with Gasteiger partial charge in [-0.15, -0.1) is 0 Å². The summed E-state index contributed by atoms with van der Waals surface area (Å²) in [5.74, 6) is -0.780. The first-order valence-corrected chi connectivity index (χ1v) is 11.2. The highest BCUT2D eigenvalue weighted by molar-refractivity contribution is 6.01. The topological polar surface area (TPSA) is 131 Å². The molecule has 0 saturated carbocycles. The Hall–Kier alpha value is -4.05. The van der Waals surface area contributed by atoms with Crippen LogP contribution in [0.15, 0.2) is 53.6 Å². The Morgan fingerprint density at radius 3 is 2.49 bits per heavy atom. The lowest BCUT2D eigenvalue weighted by atomic mass is 10.0. The van der Waals surface area contributed by atoms with E-state index in [0.717, 1.165) is 0 Å². The van der Waals surface area contributed by atoms with E-state index in [0.29, 0.717) is 41.0 Å². The van der Waals surface area contributed by atoms with Crippen molar-refractivity contribution in [1.82, 2.24) is 14.9 Å². The Balaban J connectivity index is 1.74. The number of ether oxygens (including phenoxy) is 1. The number of Topliss-reactive ketones (excluding diaryl/α,β-unsaturated/α-hetero) is 1. The molecule has 1 heterocycles. The van der Waals surface area contributed by atoms with Crippen LogP contribution < -0.4 is 21.5 Å². The second-order valence-corrected chi connectivity index (χ2v) is 8.41. The second kappa shape index (κ2) is 11.4. The molecular weight excluding hydrogens is 450 g/mol. The molecule has 0 fully saturated rings. The third-order valence-corrected chi connectivity index (χ3v) is 5.39. The van der Waals surface area contributed by atoms with Gasteiger partial charge in [-0.05, 0) is 43.2 Å². The molecule has 184 valence electrons. The number of anilines is 2. The van der Waals surface area contributed by atoms with Crippen molar-refractivity contribution in [2.45, 2.75) is 33.4 Å². The number of benzene rings is 2. The minimum atomic E-state index is -0.853. The first-order chi connectivity index (χ1) is 16.7. The zero-order valence-electron chi connectivity index (χ0n) is 20.1. The smallest absolute Gasteiger partial charge is 0.319 e. The molecule has 0 aliphatic carbocycles. The van der Waals surface area contributed by atoms with Crippen molar-refractivity contribution in [2.24, 2.45) is 5.92 Å². The van der Waals surface area contributed by atoms with Gasteiger partial charge in [0.1, 0.15) is 6.04 Å². The third-order valence-electron chi connectivity index (χ3n) is 5.39. The molecule has 0 aliphatic rings. The van der Waals surface area contributed by atoms with Crippen LogP contribution in [0.3, 0.4) is 0 Å². The lowest BCUT2D eigenvalue weighted by Gasteiger charge is -2.22. The molecule has 0 spiro atoms. The van der Waals surface area contributed by atoms with Crippen LogP contribution in [0, 0.1) is 5.92 Å². The fraction of sp³-hybridized carbons (Fsp3) is 0.320. The minimum absolute atomic E-state index is 0.121. The van der Waals surface area contributed by atoms with Gasteiger partial charge in [0.2, 0.25) is 5.91 Å². The van der Waals surface area contributed by atoms with Crippen LogP contribution in [-0.2, 0) is 16.1 Å². The van der Waals surface area contributed by atoms with Gasteiger partial charge < -0.3 is 20.7 Å². The first-order valence-electron chi connectivity index (χ1n) is 11.2. The molecule has 3 amide bonds. The number of fused-ring (bicyclic) bond motifs is 1. The highest BCUT2D eigenvalue weighted by atomic mass is 16.5. The maximum Gasteiger partial charge on any atom is 0.319 e. The van der Waals surface area contributed by atoms with E-state index in [2.05, 4.69) is 20.9 Å². The van der Waals surface area contributed by atoms with Crippen molar-refractivity contribution < 1.29 is 19.1 Å². The number of nitrogens with zero attached hydrogens (tertiary/aromatic N) is 2. The lowest BCUT2D eigenvalue weighted by molar-refractivity contribution is -0.118. The second-order valence-electron chi connectivity index (χ2n) is 8.41. The number of carbonyl (C=O) groups is 3. The Morgan fingerprint density at radius 2 is 1.80 bits per heavy atom. The van der Waals surface area contributed by atoms with Crippen molar-refractivity contribution in [2.75, 3.05) is 24.4 Å². The number of methoxy groups -OCH3 is 1. The van der Waals surface area contributed by atoms with Crippen molar-refractivity contribution in [3.05, 3.63) is 64.7 Å². The molecule has 0 aliphatic heterocycles. The molecule has 0 saturated heterocycles. The maximum absolute atomic E-state index is 13.0. The van der Waals surface area contributed by atoms with Crippen molar-refractivity contribution >= 4 is 40.0 Å². The van der Waals surface area contributed by atoms with Gasteiger partial charge in [0.25, 0.3) is 5.56 Å². The van der Waals surface area contributed by atoms with Gasteiger partial charge in [0.15, 0.2) is 5.78 Å². The summed E-state index contributed by atoms with van der Waals surface area (Å²) >= 11 is 0. The summed E-state index contributed by atoms with van der Waals surface area (Å²) < 4.78 is 6.47. The molecule has 1 unspecified atom stereocenters. The number of urea groups is 1. The first kappa shape index (κ1) is 25.6. The van der Waals surface area contributed by atoms with Gasteiger partial charge in [-0.1, -0.05) is 26.0 Å². The number of rotatable bonds is 9. The van der Waals surface area contributed by atoms with Crippen LogP contribution in [0.25, 0.3) is 10.9 Å². The van der Waals surface area contributed by atoms with E-state index in [1.165, 1.54) is 17.8 Å². The quantitative estimate of drug-likeness (QED) is 0.404. The van der Waals surface area contributed by atoms with Gasteiger partial charge >= 0.3 is 6.03 Å². The van der Waals surface area contributed by atoms with Gasteiger partial charge in [-0.25, -0.2) is 9.78 Å². The SMILES string of the molecule is COCCn1cnc2ccc(NC(=O)C(NC(=O)Nc3cccc(C(C)=O)c3)C(C)C)cc2c1=O. The number of aromatic nitrogens is 2. The summed E-state index contributed by atoms with van der Waals surface area (Å²) in [7, 11) is 1.55. The zero-order chi connectivity index (χ0) is 25.5. The van der Waals surface area contributed by atoms with Crippen molar-refractivity contribution in [1.29, 1.82) is 0 Å². The van der Waals surface area contributed by atoms with Crippen molar-refractivity contribution in [3.8, 4) is 0 Å². The third kappa shape index (κ3) is 6.51. The summed E-state index contributed by atoms with van der Waals surface area (Å²) in [6.07, 6.45) is 1.46. The Kier molecular flexibility index (Phi) is 8.32. The van der Waals surface area contributed by atoms with Gasteiger partial charge in [-0.2, -0.15) is 0 Å². The molecule has 1 atom stereocenters. The minimum Gasteiger partial charge on any atom is -0.383 e. The van der Waals surface area contributed by atoms with Gasteiger partial charge in [0, 0.05) is 24.0 Å². The number of nitrogens with one attached hydrogen (secondary N) is 3. The predicted octanol–water partition coefficient (Wildman–Crippen LogP) is 3.03. The Morgan fingerprint density at radius 1 is 1.06 bits per heavy atom. The number of hydrogen-bond acceptors (Lipinski definition) is 6. The van der Waals surface area contributed by atoms with Gasteiger partial charge in [0.05, 0.1) is 30.4 Å². The van der Waals surface area contributed by atoms with E-state index >= 15 is 0 Å². The molecule has 0 radical (unpaired) electrons. The molecule has 2 aromatic carbocycles. The Bertz CT molecular complexity index is 1300. The highest BCUT2D eigenvalue weighted by Gasteiger charge is 2.24. The van der Waals surface area contributed by atoms with Crippen LogP contribution in [0.4, 0.5) is 16.2 Å². The fourth-order valence-corrected chi connectivity index (χ4v) is 3.46. The van der Waals surface area contributed by atoms with E-state index < -0.39 is 18.0 Å².